The summed E-state index contributed by atoms with van der Waals surface area (Å²) in [7, 11) is 0. The van der Waals surface area contributed by atoms with Crippen LogP contribution in [0, 0.1) is 5.92 Å². The summed E-state index contributed by atoms with van der Waals surface area (Å²) in [4.78, 5) is 0. The molecule has 1 fully saturated rings. The number of rotatable bonds is 2. The van der Waals surface area contributed by atoms with Crippen LogP contribution in [-0.4, -0.2) is 15.5 Å². The Kier molecular flexibility index (Phi) is 4.45. The molecule has 1 aliphatic rings. The molecule has 82 valence electrons. The van der Waals surface area contributed by atoms with E-state index in [1.54, 1.807) is 0 Å². The minimum absolute atomic E-state index is 0.217. The van der Waals surface area contributed by atoms with Gasteiger partial charge in [-0.05, 0) is 39.5 Å². The Morgan fingerprint density at radius 2 is 1.79 bits per heavy atom. The summed E-state index contributed by atoms with van der Waals surface area (Å²) in [6.45, 7) is 5.88. The van der Waals surface area contributed by atoms with Crippen molar-refractivity contribution in [2.24, 2.45) is 10.3 Å². The average molecular weight is 215 g/mol. The van der Waals surface area contributed by atoms with Crippen LogP contribution in [0.15, 0.2) is 4.40 Å². The van der Waals surface area contributed by atoms with E-state index < -0.39 is 11.4 Å². The predicted octanol–water partition coefficient (Wildman–Crippen LogP) is 3.10. The molecule has 2 nitrogen and oxygen atoms in total. The fraction of sp³-hybridized carbons (Fsp3) is 0.909. The molecule has 0 amide bonds. The number of nitrogens with zero attached hydrogens (tertiary/aromatic N) is 1. The molecule has 0 spiro atoms. The van der Waals surface area contributed by atoms with Crippen molar-refractivity contribution in [3.63, 3.8) is 0 Å². The second kappa shape index (κ2) is 5.17. The summed E-state index contributed by atoms with van der Waals surface area (Å²) in [5.41, 5.74) is 0. The fourth-order valence-electron chi connectivity index (χ4n) is 1.58. The molecule has 0 aromatic rings. The number of hydrogen-bond donors (Lipinski definition) is 0. The number of hydrogen-bond acceptors (Lipinski definition) is 2. The maximum Gasteiger partial charge on any atom is 0.144 e. The molecular formula is C11H21NOS. The lowest BCUT2D eigenvalue weighted by atomic mass is 9.90. The maximum atomic E-state index is 11.6. The zero-order valence-corrected chi connectivity index (χ0v) is 10.3. The van der Waals surface area contributed by atoms with Crippen molar-refractivity contribution in [3.8, 4) is 0 Å². The van der Waals surface area contributed by atoms with Crippen molar-refractivity contribution in [2.45, 2.75) is 57.6 Å². The molecule has 0 N–H and O–H groups in total. The highest BCUT2D eigenvalue weighted by Crippen LogP contribution is 2.23. The first-order valence-electron chi connectivity index (χ1n) is 5.46. The lowest BCUT2D eigenvalue weighted by molar-refractivity contribution is 0.445. The zero-order valence-electron chi connectivity index (χ0n) is 9.45. The van der Waals surface area contributed by atoms with Gasteiger partial charge in [-0.15, -0.1) is 0 Å². The zero-order chi connectivity index (χ0) is 10.6. The van der Waals surface area contributed by atoms with Crippen molar-refractivity contribution in [1.82, 2.24) is 0 Å². The van der Waals surface area contributed by atoms with Crippen molar-refractivity contribution < 1.29 is 4.55 Å². The van der Waals surface area contributed by atoms with Crippen molar-refractivity contribution in [2.75, 3.05) is 0 Å². The highest BCUT2D eigenvalue weighted by atomic mass is 32.2. The Morgan fingerprint density at radius 3 is 2.29 bits per heavy atom. The van der Waals surface area contributed by atoms with Crippen molar-refractivity contribution >= 4 is 17.6 Å². The highest BCUT2D eigenvalue weighted by Gasteiger charge is 2.26. The molecule has 0 aromatic carbocycles. The Bertz CT molecular complexity index is 192. The Morgan fingerprint density at radius 1 is 1.21 bits per heavy atom. The molecule has 1 atom stereocenters. The van der Waals surface area contributed by atoms with Gasteiger partial charge in [0.25, 0.3) is 0 Å². The van der Waals surface area contributed by atoms with E-state index in [0.717, 1.165) is 0 Å². The quantitative estimate of drug-likeness (QED) is 0.515. The van der Waals surface area contributed by atoms with E-state index in [4.69, 9.17) is 0 Å². The van der Waals surface area contributed by atoms with E-state index in [-0.39, 0.29) is 4.75 Å². The van der Waals surface area contributed by atoms with Gasteiger partial charge in [0.1, 0.15) is 16.1 Å². The van der Waals surface area contributed by atoms with Crippen LogP contribution in [0.1, 0.15) is 52.9 Å². The Labute approximate surface area is 90.5 Å². The van der Waals surface area contributed by atoms with Gasteiger partial charge in [-0.2, -0.15) is 0 Å². The Balaban J connectivity index is 2.38. The molecule has 0 bridgehead atoms. The molecule has 1 rings (SSSR count). The van der Waals surface area contributed by atoms with Crippen molar-refractivity contribution in [1.29, 1.82) is 0 Å². The van der Waals surface area contributed by atoms with Gasteiger partial charge in [-0.3, -0.25) is 0 Å². The van der Waals surface area contributed by atoms with E-state index >= 15 is 0 Å². The van der Waals surface area contributed by atoms with Gasteiger partial charge >= 0.3 is 0 Å². The molecule has 14 heavy (non-hydrogen) atoms. The van der Waals surface area contributed by atoms with Gasteiger partial charge in [0.15, 0.2) is 0 Å². The van der Waals surface area contributed by atoms with E-state index in [1.165, 1.54) is 32.1 Å². The maximum absolute atomic E-state index is 11.6. The summed E-state index contributed by atoms with van der Waals surface area (Å²) >= 11 is -1.07. The molecule has 3 heteroatoms. The highest BCUT2D eigenvalue weighted by molar-refractivity contribution is 7.91. The van der Waals surface area contributed by atoms with Gasteiger partial charge in [-0.1, -0.05) is 23.7 Å². The van der Waals surface area contributed by atoms with E-state index in [2.05, 4.69) is 4.40 Å². The largest absolute Gasteiger partial charge is 0.591 e. The lowest BCUT2D eigenvalue weighted by Gasteiger charge is -2.20. The van der Waals surface area contributed by atoms with Gasteiger partial charge in [0.2, 0.25) is 0 Å². The van der Waals surface area contributed by atoms with E-state index in [0.29, 0.717) is 5.92 Å². The molecule has 0 saturated heterocycles. The van der Waals surface area contributed by atoms with Gasteiger partial charge in [0.05, 0.1) is 6.21 Å². The second-order valence-electron chi connectivity index (χ2n) is 5.01. The van der Waals surface area contributed by atoms with Gasteiger partial charge in [-0.25, -0.2) is 0 Å². The SMILES string of the molecule is CC(C)(C)[S@+]([O-])N=CC1CCCCC1. The molecule has 0 unspecified atom stereocenters. The van der Waals surface area contributed by atoms with Crippen LogP contribution >= 0.6 is 0 Å². The topological polar surface area (TPSA) is 35.4 Å². The Hall–Kier alpha value is -0.0200. The average Bonchev–Trinajstić information content (AvgIpc) is 2.14. The van der Waals surface area contributed by atoms with E-state index in [1.807, 2.05) is 27.0 Å². The van der Waals surface area contributed by atoms with E-state index in [9.17, 15) is 4.55 Å². The normalized spacial score (nSPS) is 22.9. The molecule has 0 radical (unpaired) electrons. The third-order valence-electron chi connectivity index (χ3n) is 2.54. The van der Waals surface area contributed by atoms with Crippen LogP contribution in [0.3, 0.4) is 0 Å². The summed E-state index contributed by atoms with van der Waals surface area (Å²) in [6.07, 6.45) is 8.35. The minimum Gasteiger partial charge on any atom is -0.591 e. The molecular weight excluding hydrogens is 194 g/mol. The first-order valence-corrected chi connectivity index (χ1v) is 6.57. The molecule has 0 heterocycles. The second-order valence-corrected chi connectivity index (χ2v) is 6.95. The smallest absolute Gasteiger partial charge is 0.144 e. The predicted molar refractivity (Wildman–Crippen MR) is 63.0 cm³/mol. The molecule has 1 aliphatic carbocycles. The fourth-order valence-corrected chi connectivity index (χ4v) is 2.18. The van der Waals surface area contributed by atoms with Crippen LogP contribution < -0.4 is 0 Å². The summed E-state index contributed by atoms with van der Waals surface area (Å²) in [5, 5.41) is 0. The lowest BCUT2D eigenvalue weighted by Crippen LogP contribution is -2.26. The summed E-state index contributed by atoms with van der Waals surface area (Å²) in [5.74, 6) is 0.579. The first kappa shape index (κ1) is 12.1. The molecule has 0 aliphatic heterocycles. The summed E-state index contributed by atoms with van der Waals surface area (Å²) < 4.78 is 15.6. The van der Waals surface area contributed by atoms with Crippen LogP contribution in [0.2, 0.25) is 0 Å². The van der Waals surface area contributed by atoms with Gasteiger partial charge < -0.3 is 4.55 Å². The van der Waals surface area contributed by atoms with Crippen molar-refractivity contribution in [3.05, 3.63) is 0 Å². The van der Waals surface area contributed by atoms with Crippen LogP contribution in [-0.2, 0) is 11.4 Å². The molecule has 1 saturated carbocycles. The first-order chi connectivity index (χ1) is 6.50. The van der Waals surface area contributed by atoms with Crippen LogP contribution in [0.5, 0.6) is 0 Å². The third-order valence-corrected chi connectivity index (χ3v) is 3.90. The molecule has 0 aromatic heterocycles. The van der Waals surface area contributed by atoms with Gasteiger partial charge in [0, 0.05) is 0 Å². The monoisotopic (exact) mass is 215 g/mol. The third kappa shape index (κ3) is 4.01. The van der Waals surface area contributed by atoms with Crippen LogP contribution in [0.25, 0.3) is 0 Å². The standard InChI is InChI=1S/C11H21NOS/c1-11(2,3)14(13)12-9-10-7-5-4-6-8-10/h9-10H,4-8H2,1-3H3/t14-/m0/s1. The van der Waals surface area contributed by atoms with Crippen LogP contribution in [0.4, 0.5) is 0 Å². The summed E-state index contributed by atoms with van der Waals surface area (Å²) in [6, 6.07) is 0. The minimum atomic E-state index is -1.07.